The first-order valence-electron chi connectivity index (χ1n) is 8.77. The Hall–Kier alpha value is -0.630. The highest BCUT2D eigenvalue weighted by atomic mass is 16.5. The van der Waals surface area contributed by atoms with Crippen LogP contribution in [0.25, 0.3) is 0 Å². The first-order valence-corrected chi connectivity index (χ1v) is 8.77. The summed E-state index contributed by atoms with van der Waals surface area (Å²) in [5.74, 6) is 3.10. The van der Waals surface area contributed by atoms with Crippen molar-refractivity contribution in [2.45, 2.75) is 58.5 Å². The fourth-order valence-electron chi connectivity index (χ4n) is 6.15. The summed E-state index contributed by atoms with van der Waals surface area (Å²) < 4.78 is 6.34. The molecule has 3 saturated carbocycles. The molecule has 116 valence electrons. The summed E-state index contributed by atoms with van der Waals surface area (Å²) in [5.41, 5.74) is 1.31. The number of carbonyl (C=O) groups excluding carboxylic acids is 1. The zero-order chi connectivity index (χ0) is 15.0. The fraction of sp³-hybridized carbons (Fsp3) is 0.842. The lowest BCUT2D eigenvalue weighted by Crippen LogP contribution is -2.37. The van der Waals surface area contributed by atoms with Crippen LogP contribution in [-0.2, 0) is 9.53 Å². The van der Waals surface area contributed by atoms with Crippen molar-refractivity contribution >= 4 is 5.78 Å². The molecule has 2 bridgehead atoms. The maximum atomic E-state index is 12.8. The van der Waals surface area contributed by atoms with Gasteiger partial charge in [-0.05, 0) is 54.9 Å². The minimum absolute atomic E-state index is 0.109. The monoisotopic (exact) mass is 288 g/mol. The number of ether oxygens (including phenoxy) is 1. The molecule has 0 aromatic carbocycles. The number of rotatable bonds is 1. The van der Waals surface area contributed by atoms with Crippen LogP contribution in [0.1, 0.15) is 52.9 Å². The van der Waals surface area contributed by atoms with E-state index in [0.29, 0.717) is 35.4 Å². The highest BCUT2D eigenvalue weighted by Crippen LogP contribution is 2.67. The summed E-state index contributed by atoms with van der Waals surface area (Å²) in [7, 11) is 0. The Balaban J connectivity index is 1.76. The van der Waals surface area contributed by atoms with Gasteiger partial charge in [0.2, 0.25) is 0 Å². The van der Waals surface area contributed by atoms with E-state index in [2.05, 4.69) is 27.4 Å². The fourth-order valence-corrected chi connectivity index (χ4v) is 6.15. The van der Waals surface area contributed by atoms with Crippen molar-refractivity contribution in [3.8, 4) is 0 Å². The number of fused-ring (bicyclic) bond motifs is 2. The molecule has 21 heavy (non-hydrogen) atoms. The molecule has 0 N–H and O–H groups in total. The van der Waals surface area contributed by atoms with Crippen molar-refractivity contribution in [2.24, 2.45) is 35.0 Å². The Bertz CT molecular complexity index is 508. The Kier molecular flexibility index (Phi) is 2.81. The molecule has 0 aromatic rings. The van der Waals surface area contributed by atoms with Crippen LogP contribution in [0.5, 0.6) is 0 Å². The SMILES string of the molecule is C=C1C23COC1(C(C)C)CC2CC(=O)C1CCC(C)C1C3. The molecule has 4 aliphatic rings. The van der Waals surface area contributed by atoms with E-state index in [1.54, 1.807) is 0 Å². The molecule has 0 aromatic heterocycles. The van der Waals surface area contributed by atoms with Gasteiger partial charge in [0.05, 0.1) is 12.2 Å². The minimum Gasteiger partial charge on any atom is -0.369 e. The van der Waals surface area contributed by atoms with Gasteiger partial charge in [0.25, 0.3) is 0 Å². The Morgan fingerprint density at radius 2 is 2.05 bits per heavy atom. The standard InChI is InChI=1S/C19H28O2/c1-11(2)19-8-14-7-17(20)15-6-5-12(3)16(15)9-18(14,10-21-19)13(19)4/h11-12,14-16H,4-10H2,1-3H3. The van der Waals surface area contributed by atoms with Crippen molar-refractivity contribution in [2.75, 3.05) is 6.61 Å². The summed E-state index contributed by atoms with van der Waals surface area (Å²) in [4.78, 5) is 12.8. The average molecular weight is 288 g/mol. The quantitative estimate of drug-likeness (QED) is 0.682. The molecule has 3 aliphatic carbocycles. The van der Waals surface area contributed by atoms with E-state index in [0.717, 1.165) is 32.3 Å². The number of ketones is 1. The van der Waals surface area contributed by atoms with Crippen LogP contribution in [0.15, 0.2) is 12.2 Å². The molecule has 2 heteroatoms. The van der Waals surface area contributed by atoms with Crippen LogP contribution in [0.3, 0.4) is 0 Å². The summed E-state index contributed by atoms with van der Waals surface area (Å²) in [6, 6.07) is 0. The van der Waals surface area contributed by atoms with E-state index in [-0.39, 0.29) is 11.0 Å². The smallest absolute Gasteiger partial charge is 0.136 e. The topological polar surface area (TPSA) is 26.3 Å². The van der Waals surface area contributed by atoms with Gasteiger partial charge in [-0.2, -0.15) is 0 Å². The van der Waals surface area contributed by atoms with E-state index in [1.807, 2.05) is 0 Å². The van der Waals surface area contributed by atoms with Gasteiger partial charge in [0, 0.05) is 17.8 Å². The summed E-state index contributed by atoms with van der Waals surface area (Å²) in [6.07, 6.45) is 5.32. The summed E-state index contributed by atoms with van der Waals surface area (Å²) in [6.45, 7) is 12.2. The molecular weight excluding hydrogens is 260 g/mol. The highest BCUT2D eigenvalue weighted by molar-refractivity contribution is 5.82. The molecule has 2 nitrogen and oxygen atoms in total. The van der Waals surface area contributed by atoms with Crippen LogP contribution < -0.4 is 0 Å². The third-order valence-electron chi connectivity index (χ3n) is 7.60. The lowest BCUT2D eigenvalue weighted by Gasteiger charge is -2.36. The number of hydrogen-bond donors (Lipinski definition) is 0. The molecule has 6 atom stereocenters. The third kappa shape index (κ3) is 1.55. The van der Waals surface area contributed by atoms with Crippen LogP contribution in [0, 0.1) is 35.0 Å². The second kappa shape index (κ2) is 4.22. The highest BCUT2D eigenvalue weighted by Gasteiger charge is 2.67. The molecule has 0 radical (unpaired) electrons. The van der Waals surface area contributed by atoms with Crippen LogP contribution >= 0.6 is 0 Å². The second-order valence-corrected chi connectivity index (χ2v) is 8.57. The molecule has 1 spiro atoms. The minimum atomic E-state index is -0.139. The van der Waals surface area contributed by atoms with E-state index in [4.69, 9.17) is 4.74 Å². The van der Waals surface area contributed by atoms with Crippen LogP contribution in [0.4, 0.5) is 0 Å². The molecule has 0 amide bonds. The Morgan fingerprint density at radius 1 is 1.29 bits per heavy atom. The van der Waals surface area contributed by atoms with Crippen molar-refractivity contribution in [1.82, 2.24) is 0 Å². The van der Waals surface area contributed by atoms with Gasteiger partial charge in [-0.1, -0.05) is 27.4 Å². The van der Waals surface area contributed by atoms with Gasteiger partial charge < -0.3 is 4.74 Å². The first kappa shape index (κ1) is 14.0. The van der Waals surface area contributed by atoms with Crippen molar-refractivity contribution in [3.05, 3.63) is 12.2 Å². The second-order valence-electron chi connectivity index (χ2n) is 8.57. The molecule has 4 rings (SSSR count). The summed E-state index contributed by atoms with van der Waals surface area (Å²) >= 11 is 0. The van der Waals surface area contributed by atoms with Gasteiger partial charge in [0.1, 0.15) is 5.78 Å². The predicted molar refractivity (Wildman–Crippen MR) is 82.8 cm³/mol. The number of carbonyl (C=O) groups is 1. The Morgan fingerprint density at radius 3 is 2.76 bits per heavy atom. The van der Waals surface area contributed by atoms with Gasteiger partial charge in [-0.25, -0.2) is 0 Å². The average Bonchev–Trinajstić information content (AvgIpc) is 2.97. The first-order chi connectivity index (χ1) is 9.91. The normalized spacial score (nSPS) is 52.2. The maximum Gasteiger partial charge on any atom is 0.136 e. The van der Waals surface area contributed by atoms with Crippen molar-refractivity contribution in [3.63, 3.8) is 0 Å². The van der Waals surface area contributed by atoms with E-state index < -0.39 is 0 Å². The molecule has 1 saturated heterocycles. The van der Waals surface area contributed by atoms with Gasteiger partial charge in [-0.3, -0.25) is 4.79 Å². The molecular formula is C19H28O2. The van der Waals surface area contributed by atoms with Crippen LogP contribution in [0.2, 0.25) is 0 Å². The zero-order valence-electron chi connectivity index (χ0n) is 13.7. The Labute approximate surface area is 128 Å². The van der Waals surface area contributed by atoms with Crippen molar-refractivity contribution < 1.29 is 9.53 Å². The van der Waals surface area contributed by atoms with E-state index >= 15 is 0 Å². The number of Topliss-reactive ketones (excluding diaryl/α,β-unsaturated/α-hetero) is 1. The molecule has 6 unspecified atom stereocenters. The zero-order valence-corrected chi connectivity index (χ0v) is 13.7. The van der Waals surface area contributed by atoms with Gasteiger partial charge >= 0.3 is 0 Å². The summed E-state index contributed by atoms with van der Waals surface area (Å²) in [5, 5.41) is 0. The lowest BCUT2D eigenvalue weighted by atomic mass is 9.69. The molecule has 1 aliphatic heterocycles. The third-order valence-corrected chi connectivity index (χ3v) is 7.60. The van der Waals surface area contributed by atoms with Crippen LogP contribution in [-0.4, -0.2) is 18.0 Å². The molecule has 4 fully saturated rings. The number of hydrogen-bond acceptors (Lipinski definition) is 2. The lowest BCUT2D eigenvalue weighted by molar-refractivity contribution is -0.125. The predicted octanol–water partition coefficient (Wildman–Crippen LogP) is 4.00. The van der Waals surface area contributed by atoms with Crippen molar-refractivity contribution in [1.29, 1.82) is 0 Å². The largest absolute Gasteiger partial charge is 0.369 e. The van der Waals surface area contributed by atoms with Gasteiger partial charge in [0.15, 0.2) is 0 Å². The molecule has 1 heterocycles. The van der Waals surface area contributed by atoms with E-state index in [9.17, 15) is 4.79 Å². The van der Waals surface area contributed by atoms with Gasteiger partial charge in [-0.15, -0.1) is 0 Å². The van der Waals surface area contributed by atoms with E-state index in [1.165, 1.54) is 12.0 Å². The maximum absolute atomic E-state index is 12.8.